The van der Waals surface area contributed by atoms with Gasteiger partial charge in [0.05, 0.1) is 6.61 Å². The zero-order chi connectivity index (χ0) is 14.2. The van der Waals surface area contributed by atoms with Gasteiger partial charge in [-0.05, 0) is 12.1 Å². The molecule has 0 amide bonds. The first-order valence-electron chi connectivity index (χ1n) is 6.57. The van der Waals surface area contributed by atoms with Gasteiger partial charge in [0.2, 0.25) is 0 Å². The molecule has 0 bridgehead atoms. The number of rotatable bonds is 6. The summed E-state index contributed by atoms with van der Waals surface area (Å²) in [6.07, 6.45) is 2.74. The Kier molecular flexibility index (Phi) is 5.31. The average molecular weight is 276 g/mol. The molecule has 0 spiro atoms. The third-order valence-electron chi connectivity index (χ3n) is 2.85. The summed E-state index contributed by atoms with van der Waals surface area (Å²) in [6.45, 7) is 2.11. The second kappa shape index (κ2) is 7.44. The quantitative estimate of drug-likeness (QED) is 0.444. The molecule has 0 aromatic carbocycles. The van der Waals surface area contributed by atoms with Crippen molar-refractivity contribution in [3.63, 3.8) is 0 Å². The van der Waals surface area contributed by atoms with Crippen LogP contribution in [0, 0.1) is 0 Å². The van der Waals surface area contributed by atoms with Crippen molar-refractivity contribution >= 4 is 11.6 Å². The number of fused-ring (bicyclic) bond motifs is 1. The van der Waals surface area contributed by atoms with E-state index in [4.69, 9.17) is 4.74 Å². The second-order valence-corrected chi connectivity index (χ2v) is 4.21. The Labute approximate surface area is 118 Å². The fourth-order valence-electron chi connectivity index (χ4n) is 1.85. The van der Waals surface area contributed by atoms with E-state index in [0.29, 0.717) is 6.61 Å². The largest absolute Gasteiger partial charge is 0.383 e. The van der Waals surface area contributed by atoms with Crippen LogP contribution < -0.4 is 10.6 Å². The van der Waals surface area contributed by atoms with Crippen molar-refractivity contribution in [1.29, 1.82) is 0 Å². The van der Waals surface area contributed by atoms with Gasteiger partial charge < -0.3 is 15.4 Å². The van der Waals surface area contributed by atoms with E-state index in [1.165, 1.54) is 0 Å². The minimum absolute atomic E-state index is 0.648. The molecule has 7 nitrogen and oxygen atoms in total. The molecule has 2 aromatic rings. The summed E-state index contributed by atoms with van der Waals surface area (Å²) < 4.78 is 6.97. The molecular weight excluding hydrogens is 256 g/mol. The monoisotopic (exact) mass is 276 g/mol. The molecule has 0 unspecified atom stereocenters. The highest BCUT2D eigenvalue weighted by atomic mass is 16.5. The van der Waals surface area contributed by atoms with Crippen LogP contribution in [0.3, 0.4) is 0 Å². The number of nitrogens with one attached hydrogen (secondary N) is 2. The molecule has 2 N–H and O–H groups in total. The van der Waals surface area contributed by atoms with Crippen LogP contribution in [0.1, 0.15) is 5.82 Å². The van der Waals surface area contributed by atoms with Crippen LogP contribution >= 0.6 is 0 Å². The zero-order valence-electron chi connectivity index (χ0n) is 11.8. The Bertz CT molecular complexity index is 565. The first-order chi connectivity index (χ1) is 9.85. The number of nitrogens with zero attached hydrogens (tertiary/aromatic N) is 4. The molecule has 0 fully saturated rings. The van der Waals surface area contributed by atoms with Crippen molar-refractivity contribution in [1.82, 2.24) is 25.2 Å². The van der Waals surface area contributed by atoms with Crippen LogP contribution in [0.5, 0.6) is 0 Å². The van der Waals surface area contributed by atoms with Gasteiger partial charge in [-0.1, -0.05) is 6.07 Å². The number of guanidine groups is 1. The summed E-state index contributed by atoms with van der Waals surface area (Å²) in [5, 5.41) is 14.7. The van der Waals surface area contributed by atoms with Gasteiger partial charge in [-0.2, -0.15) is 0 Å². The van der Waals surface area contributed by atoms with Crippen LogP contribution in [0.15, 0.2) is 29.4 Å². The molecule has 0 saturated carbocycles. The molecule has 0 aliphatic rings. The normalized spacial score (nSPS) is 11.8. The fraction of sp³-hybridized carbons (Fsp3) is 0.462. The summed E-state index contributed by atoms with van der Waals surface area (Å²) >= 11 is 0. The fourth-order valence-corrected chi connectivity index (χ4v) is 1.85. The van der Waals surface area contributed by atoms with Crippen molar-refractivity contribution in [2.24, 2.45) is 4.99 Å². The van der Waals surface area contributed by atoms with Crippen LogP contribution in [0.25, 0.3) is 5.65 Å². The van der Waals surface area contributed by atoms with Gasteiger partial charge in [-0.15, -0.1) is 10.2 Å². The lowest BCUT2D eigenvalue weighted by molar-refractivity contribution is 0.203. The number of hydrogen-bond acceptors (Lipinski definition) is 4. The van der Waals surface area contributed by atoms with Crippen LogP contribution in [-0.4, -0.2) is 54.4 Å². The molecule has 0 radical (unpaired) electrons. The van der Waals surface area contributed by atoms with Crippen molar-refractivity contribution in [3.8, 4) is 0 Å². The van der Waals surface area contributed by atoms with Crippen molar-refractivity contribution in [2.75, 3.05) is 33.9 Å². The van der Waals surface area contributed by atoms with Gasteiger partial charge in [0.15, 0.2) is 11.6 Å². The predicted molar refractivity (Wildman–Crippen MR) is 77.9 cm³/mol. The molecule has 0 saturated heterocycles. The maximum atomic E-state index is 4.98. The van der Waals surface area contributed by atoms with Gasteiger partial charge in [0, 0.05) is 39.9 Å². The Morgan fingerprint density at radius 3 is 2.95 bits per heavy atom. The maximum Gasteiger partial charge on any atom is 0.191 e. The third kappa shape index (κ3) is 3.67. The number of pyridine rings is 1. The molecule has 20 heavy (non-hydrogen) atoms. The SMILES string of the molecule is CN=C(NCCOC)NCCc1nnc2ccccn12. The topological polar surface area (TPSA) is 75.8 Å². The lowest BCUT2D eigenvalue weighted by Gasteiger charge is -2.10. The van der Waals surface area contributed by atoms with E-state index < -0.39 is 0 Å². The lowest BCUT2D eigenvalue weighted by atomic mass is 10.4. The molecule has 108 valence electrons. The smallest absolute Gasteiger partial charge is 0.191 e. The first kappa shape index (κ1) is 14.3. The van der Waals surface area contributed by atoms with Crippen LogP contribution in [0.2, 0.25) is 0 Å². The number of methoxy groups -OCH3 is 1. The zero-order valence-corrected chi connectivity index (χ0v) is 11.8. The number of aromatic nitrogens is 3. The van der Waals surface area contributed by atoms with E-state index in [2.05, 4.69) is 25.8 Å². The Morgan fingerprint density at radius 2 is 2.15 bits per heavy atom. The van der Waals surface area contributed by atoms with E-state index in [1.807, 2.05) is 28.8 Å². The third-order valence-corrected chi connectivity index (χ3v) is 2.85. The Morgan fingerprint density at radius 1 is 1.30 bits per heavy atom. The molecule has 0 atom stereocenters. The Hall–Kier alpha value is -2.15. The maximum absolute atomic E-state index is 4.98. The minimum atomic E-state index is 0.648. The van der Waals surface area contributed by atoms with Crippen LogP contribution in [-0.2, 0) is 11.2 Å². The second-order valence-electron chi connectivity index (χ2n) is 4.21. The number of aliphatic imine (C=N–C) groups is 1. The number of ether oxygens (including phenoxy) is 1. The Balaban J connectivity index is 1.83. The summed E-state index contributed by atoms with van der Waals surface area (Å²) in [6, 6.07) is 5.86. The van der Waals surface area contributed by atoms with E-state index in [1.54, 1.807) is 14.2 Å². The standard InChI is InChI=1S/C13H20N6O/c1-14-13(16-8-10-20-2)15-7-6-12-18-17-11-5-3-4-9-19(11)12/h3-5,9H,6-8,10H2,1-2H3,(H2,14,15,16). The number of hydrogen-bond donors (Lipinski definition) is 2. The predicted octanol–water partition coefficient (Wildman–Crippen LogP) is 0.0832. The van der Waals surface area contributed by atoms with E-state index in [9.17, 15) is 0 Å². The van der Waals surface area contributed by atoms with Gasteiger partial charge in [-0.25, -0.2) is 0 Å². The highest BCUT2D eigenvalue weighted by Crippen LogP contribution is 2.02. The molecule has 2 rings (SSSR count). The summed E-state index contributed by atoms with van der Waals surface area (Å²) in [5.41, 5.74) is 0.866. The molecule has 0 aliphatic carbocycles. The summed E-state index contributed by atoms with van der Waals surface area (Å²) in [4.78, 5) is 4.14. The molecule has 0 aliphatic heterocycles. The van der Waals surface area contributed by atoms with Crippen molar-refractivity contribution in [2.45, 2.75) is 6.42 Å². The molecule has 2 aromatic heterocycles. The highest BCUT2D eigenvalue weighted by Gasteiger charge is 2.04. The van der Waals surface area contributed by atoms with E-state index in [0.717, 1.165) is 36.9 Å². The highest BCUT2D eigenvalue weighted by molar-refractivity contribution is 5.79. The average Bonchev–Trinajstić information content (AvgIpc) is 2.89. The molecular formula is C13H20N6O. The van der Waals surface area contributed by atoms with Gasteiger partial charge in [-0.3, -0.25) is 9.39 Å². The minimum Gasteiger partial charge on any atom is -0.383 e. The van der Waals surface area contributed by atoms with Gasteiger partial charge in [0.1, 0.15) is 5.82 Å². The van der Waals surface area contributed by atoms with E-state index >= 15 is 0 Å². The lowest BCUT2D eigenvalue weighted by Crippen LogP contribution is -2.39. The summed E-state index contributed by atoms with van der Waals surface area (Å²) in [5.74, 6) is 1.69. The molecule has 7 heteroatoms. The van der Waals surface area contributed by atoms with Crippen molar-refractivity contribution in [3.05, 3.63) is 30.2 Å². The summed E-state index contributed by atoms with van der Waals surface area (Å²) in [7, 11) is 3.42. The van der Waals surface area contributed by atoms with Gasteiger partial charge >= 0.3 is 0 Å². The molecule has 2 heterocycles. The van der Waals surface area contributed by atoms with Gasteiger partial charge in [0.25, 0.3) is 0 Å². The van der Waals surface area contributed by atoms with Crippen LogP contribution in [0.4, 0.5) is 0 Å². The van der Waals surface area contributed by atoms with Crippen molar-refractivity contribution < 1.29 is 4.74 Å². The van der Waals surface area contributed by atoms with E-state index in [-0.39, 0.29) is 0 Å². The first-order valence-corrected chi connectivity index (χ1v) is 6.57.